The van der Waals surface area contributed by atoms with E-state index in [9.17, 15) is 0 Å². The predicted octanol–water partition coefficient (Wildman–Crippen LogP) is 2.17. The molecular weight excluding hydrogens is 390 g/mol. The van der Waals surface area contributed by atoms with Crippen LogP contribution >= 0.6 is 0 Å². The van der Waals surface area contributed by atoms with E-state index in [2.05, 4.69) is 85.9 Å². The Morgan fingerprint density at radius 3 is 2.81 bits per heavy atom. The molecule has 0 aliphatic rings. The van der Waals surface area contributed by atoms with E-state index >= 15 is 0 Å². The molecule has 0 aliphatic heterocycles. The summed E-state index contributed by atoms with van der Waals surface area (Å²) in [5.74, 6) is 1.60. The zero-order valence-corrected chi connectivity index (χ0v) is 18.9. The molecule has 0 saturated carbocycles. The van der Waals surface area contributed by atoms with Crippen LogP contribution in [0.1, 0.15) is 19.4 Å². The lowest BCUT2D eigenvalue weighted by molar-refractivity contribution is 0.752. The van der Waals surface area contributed by atoms with Crippen LogP contribution in [0.4, 0.5) is 11.5 Å². The number of aromatic nitrogens is 4. The molecular formula is C22H33N9. The van der Waals surface area contributed by atoms with E-state index in [1.165, 1.54) is 11.3 Å². The third-order valence-electron chi connectivity index (χ3n) is 4.97. The van der Waals surface area contributed by atoms with Crippen molar-refractivity contribution in [2.45, 2.75) is 20.8 Å². The van der Waals surface area contributed by atoms with Gasteiger partial charge in [0.2, 0.25) is 0 Å². The smallest absolute Gasteiger partial charge is 0.191 e. The summed E-state index contributed by atoms with van der Waals surface area (Å²) in [5, 5.41) is 15.2. The number of likely N-dealkylation sites (N-methyl/N-ethyl adjacent to an activating group) is 1. The van der Waals surface area contributed by atoms with Crippen molar-refractivity contribution in [2.75, 3.05) is 49.5 Å². The van der Waals surface area contributed by atoms with Crippen LogP contribution in [0, 0.1) is 6.92 Å². The second-order valence-corrected chi connectivity index (χ2v) is 7.26. The van der Waals surface area contributed by atoms with Gasteiger partial charge in [-0.2, -0.15) is 5.10 Å². The number of rotatable bonds is 10. The number of benzene rings is 1. The zero-order valence-electron chi connectivity index (χ0n) is 18.9. The molecule has 2 heterocycles. The minimum absolute atomic E-state index is 0.621. The summed E-state index contributed by atoms with van der Waals surface area (Å²) in [5.41, 5.74) is 3.34. The quantitative estimate of drug-likeness (QED) is 0.261. The second kappa shape index (κ2) is 11.1. The Balaban J connectivity index is 1.50. The van der Waals surface area contributed by atoms with Crippen LogP contribution in [0.5, 0.6) is 0 Å². The van der Waals surface area contributed by atoms with E-state index in [-0.39, 0.29) is 0 Å². The molecule has 0 unspecified atom stereocenters. The highest BCUT2D eigenvalue weighted by atomic mass is 15.3. The van der Waals surface area contributed by atoms with Crippen LogP contribution < -0.4 is 20.9 Å². The zero-order chi connectivity index (χ0) is 22.1. The molecule has 9 nitrogen and oxygen atoms in total. The first-order valence-electron chi connectivity index (χ1n) is 10.8. The lowest BCUT2D eigenvalue weighted by Gasteiger charge is -2.24. The van der Waals surface area contributed by atoms with Crippen LogP contribution in [0.25, 0.3) is 11.0 Å². The molecule has 3 rings (SSSR count). The molecule has 1 aromatic carbocycles. The van der Waals surface area contributed by atoms with Gasteiger partial charge in [0, 0.05) is 45.5 Å². The fraction of sp³-hybridized carbons (Fsp3) is 0.455. The average molecular weight is 424 g/mol. The summed E-state index contributed by atoms with van der Waals surface area (Å²) >= 11 is 0. The lowest BCUT2D eigenvalue weighted by atomic mass is 10.2. The average Bonchev–Trinajstić information content (AvgIpc) is 3.15. The highest BCUT2D eigenvalue weighted by molar-refractivity contribution is 5.86. The Morgan fingerprint density at radius 1 is 1.16 bits per heavy atom. The van der Waals surface area contributed by atoms with E-state index in [4.69, 9.17) is 0 Å². The van der Waals surface area contributed by atoms with Crippen molar-refractivity contribution in [2.24, 2.45) is 12.0 Å². The molecule has 3 aromatic rings. The minimum atomic E-state index is 0.621. The lowest BCUT2D eigenvalue weighted by Crippen LogP contribution is -2.42. The van der Waals surface area contributed by atoms with Crippen molar-refractivity contribution in [3.05, 3.63) is 42.4 Å². The molecule has 0 amide bonds. The van der Waals surface area contributed by atoms with Gasteiger partial charge >= 0.3 is 0 Å². The van der Waals surface area contributed by atoms with Gasteiger partial charge in [0.25, 0.3) is 0 Å². The molecule has 0 radical (unpaired) electrons. The Hall–Kier alpha value is -3.36. The van der Waals surface area contributed by atoms with Gasteiger partial charge in [-0.15, -0.1) is 0 Å². The van der Waals surface area contributed by atoms with Gasteiger partial charge in [0.1, 0.15) is 12.1 Å². The van der Waals surface area contributed by atoms with Crippen LogP contribution in [-0.4, -0.2) is 65.0 Å². The first-order valence-corrected chi connectivity index (χ1v) is 10.8. The van der Waals surface area contributed by atoms with Gasteiger partial charge in [-0.1, -0.05) is 12.1 Å². The molecule has 0 spiro atoms. The minimum Gasteiger partial charge on any atom is -0.370 e. The summed E-state index contributed by atoms with van der Waals surface area (Å²) in [7, 11) is 1.87. The topological polar surface area (TPSA) is 95.3 Å². The number of fused-ring (bicyclic) bond motifs is 1. The van der Waals surface area contributed by atoms with E-state index in [0.29, 0.717) is 13.1 Å². The van der Waals surface area contributed by atoms with Gasteiger partial charge < -0.3 is 20.9 Å². The Kier molecular flexibility index (Phi) is 8.03. The van der Waals surface area contributed by atoms with Crippen molar-refractivity contribution >= 4 is 28.5 Å². The van der Waals surface area contributed by atoms with Gasteiger partial charge in [-0.05, 0) is 38.5 Å². The monoisotopic (exact) mass is 423 g/mol. The number of aliphatic imine (C=N–C) groups is 1. The van der Waals surface area contributed by atoms with Gasteiger partial charge in [-0.25, -0.2) is 9.97 Å². The maximum absolute atomic E-state index is 4.67. The maximum Gasteiger partial charge on any atom is 0.191 e. The molecule has 3 N–H and O–H groups in total. The number of guanidine groups is 1. The number of aryl methyl sites for hydroxylation is 2. The molecule has 2 aromatic heterocycles. The van der Waals surface area contributed by atoms with Crippen LogP contribution in [-0.2, 0) is 7.05 Å². The van der Waals surface area contributed by atoms with Crippen LogP contribution in [0.15, 0.2) is 41.8 Å². The van der Waals surface area contributed by atoms with Crippen molar-refractivity contribution < 1.29 is 0 Å². The standard InChI is InChI=1S/C22H33N9/c1-5-23-22(26-12-13-31(6-2)18-9-7-8-17(3)14-18)25-11-10-24-20-19-15-29-30(4)21(19)28-16-27-20/h7-9,14-16H,5-6,10-13H2,1-4H3,(H2,23,25,26)(H,24,27,28). The Labute approximate surface area is 184 Å². The van der Waals surface area contributed by atoms with E-state index in [1.54, 1.807) is 17.2 Å². The number of hydrogen-bond donors (Lipinski definition) is 3. The SMILES string of the molecule is CCNC(=NCCNc1ncnc2c1cnn2C)NCCN(CC)c1cccc(C)c1. The molecule has 0 saturated heterocycles. The van der Waals surface area contributed by atoms with Gasteiger partial charge in [0.15, 0.2) is 11.6 Å². The van der Waals surface area contributed by atoms with Crippen molar-refractivity contribution in [3.63, 3.8) is 0 Å². The molecule has 0 atom stereocenters. The normalized spacial score (nSPS) is 11.5. The van der Waals surface area contributed by atoms with Gasteiger partial charge in [-0.3, -0.25) is 9.67 Å². The first kappa shape index (κ1) is 22.3. The fourth-order valence-electron chi connectivity index (χ4n) is 3.39. The number of nitrogens with one attached hydrogen (secondary N) is 3. The number of anilines is 2. The second-order valence-electron chi connectivity index (χ2n) is 7.26. The van der Waals surface area contributed by atoms with Crippen LogP contribution in [0.3, 0.4) is 0 Å². The third-order valence-corrected chi connectivity index (χ3v) is 4.97. The summed E-state index contributed by atoms with van der Waals surface area (Å²) in [6.07, 6.45) is 3.33. The Morgan fingerprint density at radius 2 is 2.03 bits per heavy atom. The largest absolute Gasteiger partial charge is 0.370 e. The van der Waals surface area contributed by atoms with E-state index in [0.717, 1.165) is 49.0 Å². The Bertz CT molecular complexity index is 996. The molecule has 0 aliphatic carbocycles. The summed E-state index contributed by atoms with van der Waals surface area (Å²) < 4.78 is 1.74. The van der Waals surface area contributed by atoms with E-state index < -0.39 is 0 Å². The molecule has 166 valence electrons. The van der Waals surface area contributed by atoms with Crippen molar-refractivity contribution in [1.82, 2.24) is 30.4 Å². The van der Waals surface area contributed by atoms with Gasteiger partial charge in [0.05, 0.1) is 18.1 Å². The highest BCUT2D eigenvalue weighted by Crippen LogP contribution is 2.17. The maximum atomic E-state index is 4.67. The summed E-state index contributed by atoms with van der Waals surface area (Å²) in [6, 6.07) is 8.62. The first-order chi connectivity index (χ1) is 15.1. The number of nitrogens with zero attached hydrogens (tertiary/aromatic N) is 6. The molecule has 0 bridgehead atoms. The third kappa shape index (κ3) is 6.07. The number of hydrogen-bond acceptors (Lipinski definition) is 6. The fourth-order valence-corrected chi connectivity index (χ4v) is 3.39. The predicted molar refractivity (Wildman–Crippen MR) is 128 cm³/mol. The van der Waals surface area contributed by atoms with Crippen molar-refractivity contribution in [3.8, 4) is 0 Å². The van der Waals surface area contributed by atoms with Crippen LogP contribution in [0.2, 0.25) is 0 Å². The summed E-state index contributed by atoms with van der Waals surface area (Å²) in [6.45, 7) is 11.2. The highest BCUT2D eigenvalue weighted by Gasteiger charge is 2.07. The van der Waals surface area contributed by atoms with E-state index in [1.807, 2.05) is 7.05 Å². The molecule has 9 heteroatoms. The summed E-state index contributed by atoms with van der Waals surface area (Å²) in [4.78, 5) is 15.6. The molecule has 0 fully saturated rings. The van der Waals surface area contributed by atoms with Crippen molar-refractivity contribution in [1.29, 1.82) is 0 Å². The molecule has 31 heavy (non-hydrogen) atoms.